The number of halogens is 1. The highest BCUT2D eigenvalue weighted by atomic mass is 19.1. The van der Waals surface area contributed by atoms with Gasteiger partial charge in [-0.05, 0) is 31.2 Å². The number of carbonyl (C=O) groups is 1. The standard InChI is InChI=1S/C19H15FN4O/c1-2-24-12-14(15-5-3-4-6-18(15)24)11-22-23-19(25)16-8-7-13(10-21)9-17(16)20/h3-9,11-12H,2H2,1H3,(H,23,25). The van der Waals surface area contributed by atoms with E-state index < -0.39 is 11.7 Å². The van der Waals surface area contributed by atoms with Gasteiger partial charge in [0.05, 0.1) is 23.4 Å². The van der Waals surface area contributed by atoms with Gasteiger partial charge in [-0.1, -0.05) is 18.2 Å². The molecule has 0 saturated heterocycles. The highest BCUT2D eigenvalue weighted by Gasteiger charge is 2.11. The molecule has 1 amide bonds. The van der Waals surface area contributed by atoms with Crippen molar-refractivity contribution in [2.75, 3.05) is 0 Å². The number of amides is 1. The topological polar surface area (TPSA) is 70.2 Å². The van der Waals surface area contributed by atoms with Crippen molar-refractivity contribution < 1.29 is 9.18 Å². The molecule has 0 spiro atoms. The molecule has 0 aliphatic heterocycles. The number of hydrogen-bond donors (Lipinski definition) is 1. The molecule has 0 radical (unpaired) electrons. The monoisotopic (exact) mass is 334 g/mol. The summed E-state index contributed by atoms with van der Waals surface area (Å²) in [4.78, 5) is 12.0. The number of nitriles is 1. The number of nitrogens with one attached hydrogen (secondary N) is 1. The second-order valence-electron chi connectivity index (χ2n) is 5.39. The molecule has 0 bridgehead atoms. The minimum absolute atomic E-state index is 0.157. The van der Waals surface area contributed by atoms with Gasteiger partial charge in [-0.3, -0.25) is 4.79 Å². The molecule has 0 fully saturated rings. The summed E-state index contributed by atoms with van der Waals surface area (Å²) >= 11 is 0. The van der Waals surface area contributed by atoms with Gasteiger partial charge in [0, 0.05) is 29.2 Å². The highest BCUT2D eigenvalue weighted by molar-refractivity contribution is 6.00. The lowest BCUT2D eigenvalue weighted by Crippen LogP contribution is -2.19. The zero-order chi connectivity index (χ0) is 17.8. The Balaban J connectivity index is 1.80. The van der Waals surface area contributed by atoms with Crippen LogP contribution in [0.1, 0.15) is 28.4 Å². The number of fused-ring (bicyclic) bond motifs is 1. The third-order valence-corrected chi connectivity index (χ3v) is 3.87. The lowest BCUT2D eigenvalue weighted by molar-refractivity contribution is 0.0951. The first-order chi connectivity index (χ1) is 12.1. The van der Waals surface area contributed by atoms with Crippen LogP contribution in [-0.2, 0) is 6.54 Å². The highest BCUT2D eigenvalue weighted by Crippen LogP contribution is 2.19. The molecule has 6 heteroatoms. The SMILES string of the molecule is CCn1cc(C=NNC(=O)c2ccc(C#N)cc2F)c2ccccc21. The average Bonchev–Trinajstić information content (AvgIpc) is 2.99. The van der Waals surface area contributed by atoms with Crippen LogP contribution in [0, 0.1) is 17.1 Å². The van der Waals surface area contributed by atoms with E-state index >= 15 is 0 Å². The Hall–Kier alpha value is -3.46. The van der Waals surface area contributed by atoms with E-state index in [9.17, 15) is 9.18 Å². The smallest absolute Gasteiger partial charge is 0.274 e. The Morgan fingerprint density at radius 1 is 1.36 bits per heavy atom. The van der Waals surface area contributed by atoms with Gasteiger partial charge in [0.15, 0.2) is 0 Å². The van der Waals surface area contributed by atoms with E-state index in [1.807, 2.05) is 43.5 Å². The van der Waals surface area contributed by atoms with Crippen LogP contribution in [0.2, 0.25) is 0 Å². The van der Waals surface area contributed by atoms with Crippen LogP contribution in [0.4, 0.5) is 4.39 Å². The van der Waals surface area contributed by atoms with Gasteiger partial charge >= 0.3 is 0 Å². The Morgan fingerprint density at radius 3 is 2.88 bits per heavy atom. The maximum absolute atomic E-state index is 13.8. The minimum Gasteiger partial charge on any atom is -0.347 e. The summed E-state index contributed by atoms with van der Waals surface area (Å²) in [5, 5.41) is 13.7. The number of aromatic nitrogens is 1. The van der Waals surface area contributed by atoms with Gasteiger partial charge in [-0.15, -0.1) is 0 Å². The molecular weight excluding hydrogens is 319 g/mol. The average molecular weight is 334 g/mol. The number of carbonyl (C=O) groups excluding carboxylic acids is 1. The first-order valence-electron chi connectivity index (χ1n) is 7.75. The Kier molecular flexibility index (Phi) is 4.57. The molecule has 5 nitrogen and oxygen atoms in total. The molecule has 1 heterocycles. The van der Waals surface area contributed by atoms with E-state index in [-0.39, 0.29) is 11.1 Å². The summed E-state index contributed by atoms with van der Waals surface area (Å²) in [6.45, 7) is 2.86. The lowest BCUT2D eigenvalue weighted by atomic mass is 10.1. The Labute approximate surface area is 144 Å². The summed E-state index contributed by atoms with van der Waals surface area (Å²) in [5.74, 6) is -1.42. The molecule has 2 aromatic carbocycles. The molecule has 124 valence electrons. The molecule has 1 N–H and O–H groups in total. The van der Waals surface area contributed by atoms with Crippen molar-refractivity contribution in [1.29, 1.82) is 5.26 Å². The second kappa shape index (κ2) is 6.97. The van der Waals surface area contributed by atoms with E-state index in [2.05, 4.69) is 15.1 Å². The van der Waals surface area contributed by atoms with Gasteiger partial charge < -0.3 is 4.57 Å². The van der Waals surface area contributed by atoms with Crippen molar-refractivity contribution in [1.82, 2.24) is 9.99 Å². The molecular formula is C19H15FN4O. The molecule has 3 aromatic rings. The van der Waals surface area contributed by atoms with Crippen molar-refractivity contribution in [2.24, 2.45) is 5.10 Å². The van der Waals surface area contributed by atoms with Crippen molar-refractivity contribution >= 4 is 23.0 Å². The molecule has 0 unspecified atom stereocenters. The van der Waals surface area contributed by atoms with E-state index in [0.29, 0.717) is 0 Å². The van der Waals surface area contributed by atoms with E-state index in [1.54, 1.807) is 0 Å². The molecule has 0 saturated carbocycles. The van der Waals surface area contributed by atoms with Crippen LogP contribution in [-0.4, -0.2) is 16.7 Å². The minimum atomic E-state index is -0.755. The maximum Gasteiger partial charge on any atom is 0.274 e. The molecule has 0 aliphatic carbocycles. The Bertz CT molecular complexity index is 1010. The molecule has 0 aliphatic rings. The lowest BCUT2D eigenvalue weighted by Gasteiger charge is -2.01. The third kappa shape index (κ3) is 3.26. The van der Waals surface area contributed by atoms with Gasteiger partial charge in [0.1, 0.15) is 5.82 Å². The first kappa shape index (κ1) is 16.4. The van der Waals surface area contributed by atoms with Gasteiger partial charge in [0.2, 0.25) is 0 Å². The summed E-state index contributed by atoms with van der Waals surface area (Å²) < 4.78 is 15.9. The van der Waals surface area contributed by atoms with Gasteiger partial charge in [-0.2, -0.15) is 10.4 Å². The van der Waals surface area contributed by atoms with E-state index in [0.717, 1.165) is 29.1 Å². The van der Waals surface area contributed by atoms with Crippen molar-refractivity contribution in [2.45, 2.75) is 13.5 Å². The predicted molar refractivity (Wildman–Crippen MR) is 93.8 cm³/mol. The number of nitrogens with zero attached hydrogens (tertiary/aromatic N) is 3. The number of hydrogen-bond acceptors (Lipinski definition) is 3. The largest absolute Gasteiger partial charge is 0.347 e. The Morgan fingerprint density at radius 2 is 2.16 bits per heavy atom. The van der Waals surface area contributed by atoms with Crippen LogP contribution in [0.3, 0.4) is 0 Å². The third-order valence-electron chi connectivity index (χ3n) is 3.87. The van der Waals surface area contributed by atoms with Crippen LogP contribution in [0.25, 0.3) is 10.9 Å². The van der Waals surface area contributed by atoms with Gasteiger partial charge in [-0.25, -0.2) is 9.82 Å². The van der Waals surface area contributed by atoms with E-state index in [4.69, 9.17) is 5.26 Å². The zero-order valence-electron chi connectivity index (χ0n) is 13.5. The molecule has 1 aromatic heterocycles. The predicted octanol–water partition coefficient (Wildman–Crippen LogP) is 3.44. The van der Waals surface area contributed by atoms with Crippen molar-refractivity contribution in [3.05, 3.63) is 71.2 Å². The van der Waals surface area contributed by atoms with Gasteiger partial charge in [0.25, 0.3) is 5.91 Å². The molecule has 0 atom stereocenters. The normalized spacial score (nSPS) is 10.9. The summed E-state index contributed by atoms with van der Waals surface area (Å²) in [6, 6.07) is 13.4. The molecule has 25 heavy (non-hydrogen) atoms. The number of hydrazone groups is 1. The quantitative estimate of drug-likeness (QED) is 0.586. The fraction of sp³-hybridized carbons (Fsp3) is 0.105. The number of para-hydroxylation sites is 1. The second-order valence-corrected chi connectivity index (χ2v) is 5.39. The number of rotatable bonds is 4. The number of benzene rings is 2. The van der Waals surface area contributed by atoms with Crippen molar-refractivity contribution in [3.8, 4) is 6.07 Å². The van der Waals surface area contributed by atoms with Crippen LogP contribution >= 0.6 is 0 Å². The number of aryl methyl sites for hydroxylation is 1. The fourth-order valence-corrected chi connectivity index (χ4v) is 2.63. The van der Waals surface area contributed by atoms with Crippen LogP contribution < -0.4 is 5.43 Å². The van der Waals surface area contributed by atoms with Crippen molar-refractivity contribution in [3.63, 3.8) is 0 Å². The summed E-state index contributed by atoms with van der Waals surface area (Å²) in [6.07, 6.45) is 3.48. The summed E-state index contributed by atoms with van der Waals surface area (Å²) in [7, 11) is 0. The van der Waals surface area contributed by atoms with E-state index in [1.165, 1.54) is 18.3 Å². The van der Waals surface area contributed by atoms with Crippen LogP contribution in [0.15, 0.2) is 53.8 Å². The van der Waals surface area contributed by atoms with Crippen LogP contribution in [0.5, 0.6) is 0 Å². The first-order valence-corrected chi connectivity index (χ1v) is 7.75. The zero-order valence-corrected chi connectivity index (χ0v) is 13.5. The summed E-state index contributed by atoms with van der Waals surface area (Å²) in [5.41, 5.74) is 4.25. The molecule has 3 rings (SSSR count). The fourth-order valence-electron chi connectivity index (χ4n) is 2.63. The maximum atomic E-state index is 13.8.